The molecule has 1 saturated carbocycles. The van der Waals surface area contributed by atoms with Gasteiger partial charge in [0.1, 0.15) is 0 Å². The third-order valence-electron chi connectivity index (χ3n) is 5.45. The molecular formula is C21H29N3O4. The number of hydrogen-bond acceptors (Lipinski definition) is 4. The third-order valence-corrected chi connectivity index (χ3v) is 5.45. The zero-order valence-electron chi connectivity index (χ0n) is 16.7. The zero-order chi connectivity index (χ0) is 20.1. The maximum Gasteiger partial charge on any atom is 0.409 e. The van der Waals surface area contributed by atoms with E-state index < -0.39 is 0 Å². The molecule has 0 aromatic heterocycles. The van der Waals surface area contributed by atoms with Crippen LogP contribution in [0.25, 0.3) is 0 Å². The van der Waals surface area contributed by atoms with E-state index in [-0.39, 0.29) is 29.7 Å². The summed E-state index contributed by atoms with van der Waals surface area (Å²) in [6.45, 7) is 7.24. The number of hydrogen-bond donors (Lipinski definition) is 0. The van der Waals surface area contributed by atoms with Crippen molar-refractivity contribution in [1.82, 2.24) is 14.7 Å². The third kappa shape index (κ3) is 4.64. The Hall–Kier alpha value is -2.57. The van der Waals surface area contributed by atoms with Crippen molar-refractivity contribution in [2.24, 2.45) is 11.8 Å². The van der Waals surface area contributed by atoms with Crippen molar-refractivity contribution in [3.05, 3.63) is 35.9 Å². The van der Waals surface area contributed by atoms with Gasteiger partial charge in [0.15, 0.2) is 0 Å². The van der Waals surface area contributed by atoms with Crippen LogP contribution in [-0.4, -0.2) is 71.9 Å². The zero-order valence-corrected chi connectivity index (χ0v) is 16.7. The molecule has 3 amide bonds. The molecule has 0 bridgehead atoms. The Bertz CT molecular complexity index is 701. The van der Waals surface area contributed by atoms with Crippen LogP contribution in [0.15, 0.2) is 30.3 Å². The molecular weight excluding hydrogens is 358 g/mol. The summed E-state index contributed by atoms with van der Waals surface area (Å²) < 4.78 is 5.01. The van der Waals surface area contributed by atoms with Gasteiger partial charge < -0.3 is 19.4 Å². The molecule has 0 N–H and O–H groups in total. The average molecular weight is 387 g/mol. The molecule has 1 aliphatic heterocycles. The van der Waals surface area contributed by atoms with Crippen LogP contribution in [0.4, 0.5) is 4.79 Å². The molecule has 2 fully saturated rings. The molecule has 1 aliphatic carbocycles. The predicted octanol–water partition coefficient (Wildman–Crippen LogP) is 1.97. The van der Waals surface area contributed by atoms with Gasteiger partial charge in [0.25, 0.3) is 0 Å². The normalized spacial score (nSPS) is 21.2. The SMILES string of the molecule is CCOC(=O)N1CCN(C(=O)C2CC2C(=O)N(CC)Cc2ccccc2)CC1. The minimum atomic E-state index is -0.325. The van der Waals surface area contributed by atoms with Gasteiger partial charge in [-0.3, -0.25) is 9.59 Å². The largest absolute Gasteiger partial charge is 0.450 e. The van der Waals surface area contributed by atoms with Crippen LogP contribution in [0.5, 0.6) is 0 Å². The van der Waals surface area contributed by atoms with Crippen LogP contribution in [0.3, 0.4) is 0 Å². The van der Waals surface area contributed by atoms with Crippen LogP contribution in [0.1, 0.15) is 25.8 Å². The van der Waals surface area contributed by atoms with E-state index in [9.17, 15) is 14.4 Å². The number of rotatable bonds is 6. The van der Waals surface area contributed by atoms with Crippen LogP contribution in [0, 0.1) is 11.8 Å². The molecule has 1 heterocycles. The van der Waals surface area contributed by atoms with E-state index in [1.807, 2.05) is 42.2 Å². The highest BCUT2D eigenvalue weighted by molar-refractivity contribution is 5.92. The first-order valence-electron chi connectivity index (χ1n) is 10.1. The molecule has 152 valence electrons. The Morgan fingerprint density at radius 1 is 1.00 bits per heavy atom. The van der Waals surface area contributed by atoms with Gasteiger partial charge in [0.05, 0.1) is 18.4 Å². The summed E-state index contributed by atoms with van der Waals surface area (Å²) in [5, 5.41) is 0. The van der Waals surface area contributed by atoms with Gasteiger partial charge in [-0.15, -0.1) is 0 Å². The number of carbonyl (C=O) groups excluding carboxylic acids is 3. The van der Waals surface area contributed by atoms with E-state index >= 15 is 0 Å². The first-order chi connectivity index (χ1) is 13.5. The van der Waals surface area contributed by atoms with E-state index in [1.165, 1.54) is 0 Å². The molecule has 0 spiro atoms. The fraction of sp³-hybridized carbons (Fsp3) is 0.571. The summed E-state index contributed by atoms with van der Waals surface area (Å²) in [6, 6.07) is 9.90. The lowest BCUT2D eigenvalue weighted by Gasteiger charge is -2.34. The Balaban J connectivity index is 1.49. The molecule has 2 unspecified atom stereocenters. The highest BCUT2D eigenvalue weighted by atomic mass is 16.6. The van der Waals surface area contributed by atoms with Gasteiger partial charge in [-0.05, 0) is 25.8 Å². The molecule has 3 rings (SSSR count). The number of amides is 3. The topological polar surface area (TPSA) is 70.2 Å². The van der Waals surface area contributed by atoms with Crippen molar-refractivity contribution >= 4 is 17.9 Å². The number of piperazine rings is 1. The smallest absolute Gasteiger partial charge is 0.409 e. The Morgan fingerprint density at radius 2 is 1.64 bits per heavy atom. The van der Waals surface area contributed by atoms with Crippen LogP contribution in [0.2, 0.25) is 0 Å². The Labute approximate surface area is 166 Å². The van der Waals surface area contributed by atoms with Crippen molar-refractivity contribution in [1.29, 1.82) is 0 Å². The number of carbonyl (C=O) groups is 3. The van der Waals surface area contributed by atoms with E-state index in [1.54, 1.807) is 16.7 Å². The van der Waals surface area contributed by atoms with Crippen molar-refractivity contribution in [3.8, 4) is 0 Å². The summed E-state index contributed by atoms with van der Waals surface area (Å²) in [7, 11) is 0. The van der Waals surface area contributed by atoms with Gasteiger partial charge >= 0.3 is 6.09 Å². The highest BCUT2D eigenvalue weighted by Crippen LogP contribution is 2.41. The van der Waals surface area contributed by atoms with Gasteiger partial charge in [0, 0.05) is 39.3 Å². The fourth-order valence-electron chi connectivity index (χ4n) is 3.68. The van der Waals surface area contributed by atoms with E-state index in [0.717, 1.165) is 5.56 Å². The Kier molecular flexibility index (Phi) is 6.54. The lowest BCUT2D eigenvalue weighted by Crippen LogP contribution is -2.51. The average Bonchev–Trinajstić information content (AvgIpc) is 3.53. The summed E-state index contributed by atoms with van der Waals surface area (Å²) in [6.07, 6.45) is 0.301. The van der Waals surface area contributed by atoms with Crippen LogP contribution < -0.4 is 0 Å². The molecule has 2 aliphatic rings. The maximum atomic E-state index is 12.8. The maximum absolute atomic E-state index is 12.8. The summed E-state index contributed by atoms with van der Waals surface area (Å²) in [5.41, 5.74) is 1.09. The Morgan fingerprint density at radius 3 is 2.25 bits per heavy atom. The highest BCUT2D eigenvalue weighted by Gasteiger charge is 2.51. The monoisotopic (exact) mass is 387 g/mol. The van der Waals surface area contributed by atoms with Crippen molar-refractivity contribution in [2.45, 2.75) is 26.8 Å². The second-order valence-electron chi connectivity index (χ2n) is 7.30. The molecule has 1 aromatic carbocycles. The molecule has 28 heavy (non-hydrogen) atoms. The van der Waals surface area contributed by atoms with Crippen LogP contribution in [-0.2, 0) is 20.9 Å². The van der Waals surface area contributed by atoms with E-state index in [2.05, 4.69) is 0 Å². The van der Waals surface area contributed by atoms with Crippen molar-refractivity contribution in [3.63, 3.8) is 0 Å². The van der Waals surface area contributed by atoms with Gasteiger partial charge in [-0.2, -0.15) is 0 Å². The number of nitrogens with zero attached hydrogens (tertiary/aromatic N) is 3. The van der Waals surface area contributed by atoms with Crippen molar-refractivity contribution < 1.29 is 19.1 Å². The molecule has 7 nitrogen and oxygen atoms in total. The van der Waals surface area contributed by atoms with Gasteiger partial charge in [0.2, 0.25) is 11.8 Å². The molecule has 1 saturated heterocycles. The summed E-state index contributed by atoms with van der Waals surface area (Å²) >= 11 is 0. The molecule has 2 atom stereocenters. The quantitative estimate of drug-likeness (QED) is 0.748. The second-order valence-corrected chi connectivity index (χ2v) is 7.30. The first-order valence-corrected chi connectivity index (χ1v) is 10.1. The summed E-state index contributed by atoms with van der Waals surface area (Å²) in [4.78, 5) is 42.6. The number of ether oxygens (including phenoxy) is 1. The second kappa shape index (κ2) is 9.08. The minimum Gasteiger partial charge on any atom is -0.450 e. The number of benzene rings is 1. The summed E-state index contributed by atoms with van der Waals surface area (Å²) in [5.74, 6) is -0.321. The van der Waals surface area contributed by atoms with Crippen molar-refractivity contribution in [2.75, 3.05) is 39.3 Å². The molecule has 0 radical (unpaired) electrons. The first kappa shape index (κ1) is 20.2. The van der Waals surface area contributed by atoms with Gasteiger partial charge in [-0.25, -0.2) is 4.79 Å². The standard InChI is InChI=1S/C21H29N3O4/c1-3-22(15-16-8-6-5-7-9-16)19(25)17-14-18(17)20(26)23-10-12-24(13-11-23)21(27)28-4-2/h5-9,17-18H,3-4,10-15H2,1-2H3. The lowest BCUT2D eigenvalue weighted by molar-refractivity contribution is -0.139. The predicted molar refractivity (Wildman–Crippen MR) is 104 cm³/mol. The lowest BCUT2D eigenvalue weighted by atomic mass is 10.2. The van der Waals surface area contributed by atoms with Crippen LogP contribution >= 0.6 is 0 Å². The van der Waals surface area contributed by atoms with E-state index in [4.69, 9.17) is 4.74 Å². The molecule has 7 heteroatoms. The minimum absolute atomic E-state index is 0.0395. The van der Waals surface area contributed by atoms with Gasteiger partial charge in [-0.1, -0.05) is 30.3 Å². The van der Waals surface area contributed by atoms with E-state index in [0.29, 0.717) is 52.3 Å². The molecule has 1 aromatic rings. The fourth-order valence-corrected chi connectivity index (χ4v) is 3.68.